The summed E-state index contributed by atoms with van der Waals surface area (Å²) in [5.74, 6) is 0.157. The molecule has 1 N–H and O–H groups in total. The van der Waals surface area contributed by atoms with Crippen molar-refractivity contribution in [3.8, 4) is 0 Å². The van der Waals surface area contributed by atoms with Gasteiger partial charge in [0.1, 0.15) is 10.6 Å². The second-order valence-corrected chi connectivity index (χ2v) is 9.36. The van der Waals surface area contributed by atoms with Gasteiger partial charge < -0.3 is 0 Å². The predicted octanol–water partition coefficient (Wildman–Crippen LogP) is 1.80. The summed E-state index contributed by atoms with van der Waals surface area (Å²) in [6, 6.07) is 2.69. The number of carbonyl (C=O) groups excluding carboxylic acids is 1. The number of thioether (sulfide) groups is 1. The van der Waals surface area contributed by atoms with Crippen LogP contribution in [-0.4, -0.2) is 47.6 Å². The van der Waals surface area contributed by atoms with Crippen molar-refractivity contribution in [2.24, 2.45) is 12.0 Å². The Balaban J connectivity index is 2.26. The first-order valence-electron chi connectivity index (χ1n) is 7.63. The van der Waals surface area contributed by atoms with Crippen molar-refractivity contribution < 1.29 is 13.2 Å². The maximum absolute atomic E-state index is 12.9. The summed E-state index contributed by atoms with van der Waals surface area (Å²) >= 11 is 7.84. The molecule has 26 heavy (non-hydrogen) atoms. The molecule has 1 aromatic heterocycles. The predicted molar refractivity (Wildman–Crippen MR) is 103 cm³/mol. The summed E-state index contributed by atoms with van der Waals surface area (Å²) in [5.41, 5.74) is 0.231. The summed E-state index contributed by atoms with van der Waals surface area (Å²) < 4.78 is 25.5. The van der Waals surface area contributed by atoms with E-state index in [2.05, 4.69) is 10.1 Å². The molecule has 0 unspecified atom stereocenters. The largest absolute Gasteiger partial charge is 0.299 e. The van der Waals surface area contributed by atoms with Gasteiger partial charge in [-0.1, -0.05) is 11.6 Å². The Morgan fingerprint density at radius 1 is 1.38 bits per heavy atom. The number of aromatic nitrogens is 2. The number of nitrogens with zero attached hydrogens (tertiary/aromatic N) is 2. The molecule has 0 bridgehead atoms. The van der Waals surface area contributed by atoms with Crippen LogP contribution in [0.4, 0.5) is 0 Å². The van der Waals surface area contributed by atoms with E-state index in [1.807, 2.05) is 0 Å². The number of rotatable bonds is 4. The molecule has 0 fully saturated rings. The highest BCUT2D eigenvalue weighted by Gasteiger charge is 2.28. The second kappa shape index (κ2) is 6.71. The van der Waals surface area contributed by atoms with E-state index in [1.165, 1.54) is 35.6 Å². The number of hydrogen-bond donors (Lipinski definition) is 1. The first-order chi connectivity index (χ1) is 12.1. The highest BCUT2D eigenvalue weighted by Crippen LogP contribution is 2.34. The number of ketones is 1. The molecule has 0 saturated heterocycles. The number of aromatic amines is 1. The van der Waals surface area contributed by atoms with Crippen molar-refractivity contribution in [3.63, 3.8) is 0 Å². The van der Waals surface area contributed by atoms with Crippen LogP contribution >= 0.6 is 23.4 Å². The van der Waals surface area contributed by atoms with Gasteiger partial charge in [0.2, 0.25) is 5.78 Å². The standard InChI is InChI=1S/C16H16ClN3O4S2/c1-8-11(16(22)20(2)19-8)14(21)9-4-5-10(26(3,23)24)12(13(9)17)15-18-6-7-25-15/h4-5,19H,6-7H2,1-3H3. The molecule has 10 heteroatoms. The summed E-state index contributed by atoms with van der Waals surface area (Å²) in [5, 5.41) is 3.25. The van der Waals surface area contributed by atoms with Gasteiger partial charge in [-0.2, -0.15) is 0 Å². The molecule has 0 aliphatic carbocycles. The van der Waals surface area contributed by atoms with Gasteiger partial charge in [-0.15, -0.1) is 11.8 Å². The lowest BCUT2D eigenvalue weighted by Crippen LogP contribution is -2.20. The quantitative estimate of drug-likeness (QED) is 0.770. The first-order valence-corrected chi connectivity index (χ1v) is 10.9. The van der Waals surface area contributed by atoms with Crippen molar-refractivity contribution in [3.05, 3.63) is 49.9 Å². The Morgan fingerprint density at radius 2 is 2.08 bits per heavy atom. The van der Waals surface area contributed by atoms with Gasteiger partial charge in [0.05, 0.1) is 9.92 Å². The number of nitrogens with one attached hydrogen (secondary N) is 1. The number of sulfone groups is 1. The molecule has 0 amide bonds. The number of benzene rings is 1. The van der Waals surface area contributed by atoms with Crippen molar-refractivity contribution in [2.45, 2.75) is 11.8 Å². The lowest BCUT2D eigenvalue weighted by Gasteiger charge is -2.13. The Labute approximate surface area is 159 Å². The molecule has 3 rings (SSSR count). The molecule has 1 aromatic carbocycles. The highest BCUT2D eigenvalue weighted by atomic mass is 35.5. The lowest BCUT2D eigenvalue weighted by molar-refractivity contribution is 0.103. The van der Waals surface area contributed by atoms with Crippen molar-refractivity contribution in [2.75, 3.05) is 18.6 Å². The van der Waals surface area contributed by atoms with E-state index in [-0.39, 0.29) is 26.6 Å². The maximum atomic E-state index is 12.9. The van der Waals surface area contributed by atoms with Gasteiger partial charge in [-0.3, -0.25) is 24.4 Å². The average molecular weight is 414 g/mol. The fourth-order valence-electron chi connectivity index (χ4n) is 2.82. The van der Waals surface area contributed by atoms with Crippen LogP contribution in [0.2, 0.25) is 5.02 Å². The smallest absolute Gasteiger partial charge is 0.277 e. The third kappa shape index (κ3) is 3.15. The van der Waals surface area contributed by atoms with Gasteiger partial charge in [-0.05, 0) is 19.1 Å². The highest BCUT2D eigenvalue weighted by molar-refractivity contribution is 8.14. The van der Waals surface area contributed by atoms with Crippen LogP contribution in [0.1, 0.15) is 27.2 Å². The summed E-state index contributed by atoms with van der Waals surface area (Å²) in [7, 11) is -2.06. The third-order valence-corrected chi connectivity index (χ3v) is 6.53. The van der Waals surface area contributed by atoms with E-state index in [4.69, 9.17) is 11.6 Å². The molecule has 0 radical (unpaired) electrons. The summed E-state index contributed by atoms with van der Waals surface area (Å²) in [6.45, 7) is 2.17. The van der Waals surface area contributed by atoms with Crippen molar-refractivity contribution >= 4 is 44.0 Å². The molecular weight excluding hydrogens is 398 g/mol. The molecular formula is C16H16ClN3O4S2. The molecule has 0 saturated carbocycles. The number of hydrogen-bond acceptors (Lipinski definition) is 6. The van der Waals surface area contributed by atoms with E-state index < -0.39 is 21.2 Å². The molecule has 2 aromatic rings. The molecule has 0 atom stereocenters. The number of carbonyl (C=O) groups is 1. The molecule has 0 spiro atoms. The number of aliphatic imine (C=N–C) groups is 1. The van der Waals surface area contributed by atoms with Gasteiger partial charge in [0.25, 0.3) is 5.56 Å². The first kappa shape index (κ1) is 18.9. The van der Waals surface area contributed by atoms with Crippen molar-refractivity contribution in [1.29, 1.82) is 0 Å². The second-order valence-electron chi connectivity index (χ2n) is 5.91. The van der Waals surface area contributed by atoms with Crippen LogP contribution in [0, 0.1) is 6.92 Å². The van der Waals surface area contributed by atoms with E-state index in [1.54, 1.807) is 6.92 Å². The number of aryl methyl sites for hydroxylation is 2. The minimum Gasteiger partial charge on any atom is -0.299 e. The van der Waals surface area contributed by atoms with E-state index >= 15 is 0 Å². The number of halogens is 1. The zero-order valence-electron chi connectivity index (χ0n) is 14.3. The molecule has 7 nitrogen and oxygen atoms in total. The third-order valence-electron chi connectivity index (χ3n) is 4.00. The van der Waals surface area contributed by atoms with Crippen LogP contribution in [-0.2, 0) is 16.9 Å². The van der Waals surface area contributed by atoms with Crippen LogP contribution < -0.4 is 5.56 Å². The molecule has 1 aliphatic rings. The van der Waals surface area contributed by atoms with E-state index in [0.717, 1.165) is 6.26 Å². The van der Waals surface area contributed by atoms with E-state index in [0.29, 0.717) is 23.0 Å². The number of H-pyrrole nitrogens is 1. The SMILES string of the molecule is Cc1[nH]n(C)c(=O)c1C(=O)c1ccc(S(C)(=O)=O)c(C2=NCCS2)c1Cl. The Morgan fingerprint density at radius 3 is 2.58 bits per heavy atom. The fourth-order valence-corrected chi connectivity index (χ4v) is 5.13. The minimum atomic E-state index is -3.57. The zero-order chi connectivity index (χ0) is 19.2. The van der Waals surface area contributed by atoms with Crippen LogP contribution in [0.3, 0.4) is 0 Å². The lowest BCUT2D eigenvalue weighted by atomic mass is 10.0. The average Bonchev–Trinajstić information content (AvgIpc) is 3.14. The molecule has 138 valence electrons. The van der Waals surface area contributed by atoms with Crippen LogP contribution in [0.15, 0.2) is 26.8 Å². The van der Waals surface area contributed by atoms with E-state index in [9.17, 15) is 18.0 Å². The summed E-state index contributed by atoms with van der Waals surface area (Å²) in [6.07, 6.45) is 1.08. The maximum Gasteiger partial charge on any atom is 0.277 e. The Hall–Kier alpha value is -1.84. The van der Waals surface area contributed by atoms with Crippen molar-refractivity contribution in [1.82, 2.24) is 9.78 Å². The monoisotopic (exact) mass is 413 g/mol. The topological polar surface area (TPSA) is 101 Å². The Bertz CT molecular complexity index is 1110. The van der Waals surface area contributed by atoms with Gasteiger partial charge in [-0.25, -0.2) is 8.42 Å². The van der Waals surface area contributed by atoms with Gasteiger partial charge in [0.15, 0.2) is 9.84 Å². The fraction of sp³-hybridized carbons (Fsp3) is 0.312. The van der Waals surface area contributed by atoms with Gasteiger partial charge in [0, 0.05) is 42.4 Å². The zero-order valence-corrected chi connectivity index (χ0v) is 16.7. The normalized spacial score (nSPS) is 14.5. The molecule has 1 aliphatic heterocycles. The molecule has 2 heterocycles. The van der Waals surface area contributed by atoms with Crippen LogP contribution in [0.5, 0.6) is 0 Å². The minimum absolute atomic E-state index is 0.00581. The van der Waals surface area contributed by atoms with Gasteiger partial charge >= 0.3 is 0 Å². The van der Waals surface area contributed by atoms with Crippen LogP contribution in [0.25, 0.3) is 0 Å². The summed E-state index contributed by atoms with van der Waals surface area (Å²) in [4.78, 5) is 29.5. The Kier molecular flexibility index (Phi) is 4.89.